The third kappa shape index (κ3) is 3.77. The van der Waals surface area contributed by atoms with Gasteiger partial charge in [-0.2, -0.15) is 0 Å². The fraction of sp³-hybridized carbons (Fsp3) is 0.208. The predicted octanol–water partition coefficient (Wildman–Crippen LogP) is 4.53. The van der Waals surface area contributed by atoms with Gasteiger partial charge in [-0.1, -0.05) is 48.5 Å². The summed E-state index contributed by atoms with van der Waals surface area (Å²) < 4.78 is 13.3. The van der Waals surface area contributed by atoms with Gasteiger partial charge in [-0.15, -0.1) is 0 Å². The number of nitrogens with zero attached hydrogens (tertiary/aromatic N) is 2. The van der Waals surface area contributed by atoms with Crippen molar-refractivity contribution >= 4 is 11.6 Å². The molecule has 1 aliphatic rings. The summed E-state index contributed by atoms with van der Waals surface area (Å²) in [4.78, 5) is 17.3. The lowest BCUT2D eigenvalue weighted by Crippen LogP contribution is -2.43. The van der Waals surface area contributed by atoms with Crippen LogP contribution in [0.1, 0.15) is 21.5 Å². The minimum Gasteiger partial charge on any atom is -0.369 e. The number of hydrogen-bond acceptors (Lipinski definition) is 2. The van der Waals surface area contributed by atoms with Gasteiger partial charge in [0.05, 0.1) is 6.04 Å². The molecule has 3 aromatic carbocycles. The summed E-state index contributed by atoms with van der Waals surface area (Å²) >= 11 is 0. The zero-order valence-electron chi connectivity index (χ0n) is 15.9. The highest BCUT2D eigenvalue weighted by Gasteiger charge is 2.28. The smallest absolute Gasteiger partial charge is 0.254 e. The molecular formula is C24H23FN2O. The average molecular weight is 374 g/mol. The number of amides is 1. The van der Waals surface area contributed by atoms with Gasteiger partial charge in [0.1, 0.15) is 5.82 Å². The third-order valence-electron chi connectivity index (χ3n) is 5.40. The number of benzene rings is 3. The summed E-state index contributed by atoms with van der Waals surface area (Å²) in [5.74, 6) is -0.400. The average Bonchev–Trinajstić information content (AvgIpc) is 2.86. The number of para-hydroxylation sites is 1. The summed E-state index contributed by atoms with van der Waals surface area (Å²) in [5.41, 5.74) is 4.03. The molecule has 1 unspecified atom stereocenters. The van der Waals surface area contributed by atoms with Gasteiger partial charge in [-0.05, 0) is 47.9 Å². The van der Waals surface area contributed by atoms with E-state index in [9.17, 15) is 9.18 Å². The Bertz CT molecular complexity index is 956. The van der Waals surface area contributed by atoms with Crippen LogP contribution < -0.4 is 4.90 Å². The molecule has 0 aromatic heterocycles. The molecule has 0 radical (unpaired) electrons. The molecule has 3 aromatic rings. The maximum absolute atomic E-state index is 13.3. The van der Waals surface area contributed by atoms with Crippen molar-refractivity contribution in [1.82, 2.24) is 4.90 Å². The third-order valence-corrected chi connectivity index (χ3v) is 5.40. The first-order chi connectivity index (χ1) is 13.6. The standard InChI is InChI=1S/C24H23FN2O/c1-26-22(15-18-7-3-2-4-8-18)17-27(16-20-9-5-6-10-23(20)26)24(28)19-11-13-21(25)14-12-19/h2-14,22H,15-17H2,1H3. The van der Waals surface area contributed by atoms with E-state index >= 15 is 0 Å². The van der Waals surface area contributed by atoms with Crippen LogP contribution in [0.5, 0.6) is 0 Å². The number of rotatable bonds is 3. The molecule has 4 heteroatoms. The lowest BCUT2D eigenvalue weighted by atomic mass is 10.0. The fourth-order valence-corrected chi connectivity index (χ4v) is 3.85. The number of hydrogen-bond donors (Lipinski definition) is 0. The van der Waals surface area contributed by atoms with Crippen LogP contribution in [0.3, 0.4) is 0 Å². The van der Waals surface area contributed by atoms with E-state index in [2.05, 4.69) is 36.2 Å². The molecule has 28 heavy (non-hydrogen) atoms. The summed E-state index contributed by atoms with van der Waals surface area (Å²) in [7, 11) is 2.10. The highest BCUT2D eigenvalue weighted by molar-refractivity contribution is 5.94. The van der Waals surface area contributed by atoms with E-state index in [-0.39, 0.29) is 17.8 Å². The molecule has 0 N–H and O–H groups in total. The van der Waals surface area contributed by atoms with Crippen molar-refractivity contribution in [3.8, 4) is 0 Å². The SMILES string of the molecule is CN1c2ccccc2CN(C(=O)c2ccc(F)cc2)CC1Cc1ccccc1. The second-order valence-corrected chi connectivity index (χ2v) is 7.28. The van der Waals surface area contributed by atoms with Gasteiger partial charge < -0.3 is 9.80 Å². The molecule has 142 valence electrons. The minimum absolute atomic E-state index is 0.0665. The molecule has 3 nitrogen and oxygen atoms in total. The Hall–Kier alpha value is -3.14. The van der Waals surface area contributed by atoms with E-state index in [1.54, 1.807) is 12.1 Å². The number of likely N-dealkylation sites (N-methyl/N-ethyl adjacent to an activating group) is 1. The van der Waals surface area contributed by atoms with Crippen molar-refractivity contribution < 1.29 is 9.18 Å². The molecule has 0 saturated carbocycles. The summed E-state index contributed by atoms with van der Waals surface area (Å²) in [6.07, 6.45) is 0.846. The molecule has 0 spiro atoms. The van der Waals surface area contributed by atoms with Crippen molar-refractivity contribution in [3.63, 3.8) is 0 Å². The van der Waals surface area contributed by atoms with Crippen LogP contribution in [0.2, 0.25) is 0 Å². The fourth-order valence-electron chi connectivity index (χ4n) is 3.85. The zero-order valence-corrected chi connectivity index (χ0v) is 15.9. The number of halogens is 1. The molecule has 0 aliphatic carbocycles. The number of carbonyl (C=O) groups is 1. The second kappa shape index (κ2) is 7.85. The van der Waals surface area contributed by atoms with Crippen LogP contribution in [-0.4, -0.2) is 30.4 Å². The molecule has 1 aliphatic heterocycles. The van der Waals surface area contributed by atoms with Gasteiger partial charge in [0.2, 0.25) is 0 Å². The number of anilines is 1. The molecule has 1 atom stereocenters. The Kier molecular flexibility index (Phi) is 5.11. The van der Waals surface area contributed by atoms with E-state index in [0.29, 0.717) is 18.7 Å². The zero-order chi connectivity index (χ0) is 19.5. The summed E-state index contributed by atoms with van der Waals surface area (Å²) in [6, 6.07) is 24.5. The van der Waals surface area contributed by atoms with Crippen LogP contribution in [0, 0.1) is 5.82 Å². The molecular weight excluding hydrogens is 351 g/mol. The second-order valence-electron chi connectivity index (χ2n) is 7.28. The van der Waals surface area contributed by atoms with Crippen molar-refractivity contribution in [1.29, 1.82) is 0 Å². The van der Waals surface area contributed by atoms with Crippen LogP contribution in [0.15, 0.2) is 78.9 Å². The summed E-state index contributed by atoms with van der Waals surface area (Å²) in [5, 5.41) is 0. The topological polar surface area (TPSA) is 23.6 Å². The van der Waals surface area contributed by atoms with E-state index in [1.165, 1.54) is 17.7 Å². The molecule has 0 saturated heterocycles. The predicted molar refractivity (Wildman–Crippen MR) is 110 cm³/mol. The van der Waals surface area contributed by atoms with Crippen molar-refractivity contribution in [2.75, 3.05) is 18.5 Å². The van der Waals surface area contributed by atoms with Gasteiger partial charge in [0.15, 0.2) is 0 Å². The first-order valence-corrected chi connectivity index (χ1v) is 9.51. The van der Waals surface area contributed by atoms with E-state index in [1.807, 2.05) is 35.2 Å². The maximum Gasteiger partial charge on any atom is 0.254 e. The quantitative estimate of drug-likeness (QED) is 0.672. The van der Waals surface area contributed by atoms with Crippen molar-refractivity contribution in [3.05, 3.63) is 101 Å². The van der Waals surface area contributed by atoms with Gasteiger partial charge in [-0.3, -0.25) is 4.79 Å². The Morgan fingerprint density at radius 2 is 1.64 bits per heavy atom. The Labute approximate surface area is 165 Å². The molecule has 0 fully saturated rings. The highest BCUT2D eigenvalue weighted by Crippen LogP contribution is 2.28. The van der Waals surface area contributed by atoms with Crippen molar-refractivity contribution in [2.24, 2.45) is 0 Å². The lowest BCUT2D eigenvalue weighted by Gasteiger charge is -2.31. The molecule has 1 heterocycles. The minimum atomic E-state index is -0.334. The Balaban J connectivity index is 1.67. The lowest BCUT2D eigenvalue weighted by molar-refractivity contribution is 0.0737. The van der Waals surface area contributed by atoms with E-state index in [4.69, 9.17) is 0 Å². The number of fused-ring (bicyclic) bond motifs is 1. The van der Waals surface area contributed by atoms with Gasteiger partial charge >= 0.3 is 0 Å². The summed E-state index contributed by atoms with van der Waals surface area (Å²) in [6.45, 7) is 1.15. The Morgan fingerprint density at radius 3 is 2.39 bits per heavy atom. The Morgan fingerprint density at radius 1 is 0.964 bits per heavy atom. The molecule has 0 bridgehead atoms. The van der Waals surface area contributed by atoms with Gasteiger partial charge in [-0.25, -0.2) is 4.39 Å². The van der Waals surface area contributed by atoms with E-state index in [0.717, 1.165) is 17.7 Å². The van der Waals surface area contributed by atoms with Gasteiger partial charge in [0.25, 0.3) is 5.91 Å². The van der Waals surface area contributed by atoms with Crippen molar-refractivity contribution in [2.45, 2.75) is 19.0 Å². The normalized spacial score (nSPS) is 16.4. The monoisotopic (exact) mass is 374 g/mol. The van der Waals surface area contributed by atoms with Crippen LogP contribution in [0.25, 0.3) is 0 Å². The largest absolute Gasteiger partial charge is 0.369 e. The van der Waals surface area contributed by atoms with Crippen LogP contribution >= 0.6 is 0 Å². The molecule has 1 amide bonds. The van der Waals surface area contributed by atoms with Gasteiger partial charge in [0, 0.05) is 31.4 Å². The van der Waals surface area contributed by atoms with E-state index < -0.39 is 0 Å². The molecule has 4 rings (SSSR count). The van der Waals surface area contributed by atoms with Crippen LogP contribution in [0.4, 0.5) is 10.1 Å². The maximum atomic E-state index is 13.3. The van der Waals surface area contributed by atoms with Crippen LogP contribution in [-0.2, 0) is 13.0 Å². The first-order valence-electron chi connectivity index (χ1n) is 9.51. The number of carbonyl (C=O) groups excluding carboxylic acids is 1. The first kappa shape index (κ1) is 18.2. The highest BCUT2D eigenvalue weighted by atomic mass is 19.1.